The standard InChI is InChI=1S/C25H24N4O4/c1-15(17-10-11-21(31-2)23(13-17)33-4)26-29-25(30)20-14-19(27-28-20)24-18-8-6-5-7-16(18)9-12-22(24)32-3/h5-14,26H,1H2,2-4H3,(H,27,28)(H,29,30). The van der Waals surface area contributed by atoms with Gasteiger partial charge in [-0.2, -0.15) is 5.10 Å². The summed E-state index contributed by atoms with van der Waals surface area (Å²) in [6, 6.07) is 18.8. The largest absolute Gasteiger partial charge is 0.496 e. The van der Waals surface area contributed by atoms with Crippen LogP contribution in [0.3, 0.4) is 0 Å². The molecular weight excluding hydrogens is 420 g/mol. The lowest BCUT2D eigenvalue weighted by molar-refractivity contribution is 0.0937. The number of ether oxygens (including phenoxy) is 3. The van der Waals surface area contributed by atoms with Crippen LogP contribution in [0.25, 0.3) is 27.7 Å². The van der Waals surface area contributed by atoms with E-state index >= 15 is 0 Å². The van der Waals surface area contributed by atoms with Gasteiger partial charge in [-0.05, 0) is 41.1 Å². The summed E-state index contributed by atoms with van der Waals surface area (Å²) in [7, 11) is 4.73. The van der Waals surface area contributed by atoms with Gasteiger partial charge in [-0.3, -0.25) is 20.7 Å². The molecule has 0 aliphatic heterocycles. The Bertz CT molecular complexity index is 1330. The maximum atomic E-state index is 12.7. The van der Waals surface area contributed by atoms with Crippen LogP contribution in [0.5, 0.6) is 17.2 Å². The van der Waals surface area contributed by atoms with Gasteiger partial charge in [0.1, 0.15) is 11.4 Å². The van der Waals surface area contributed by atoms with Crippen molar-refractivity contribution < 1.29 is 19.0 Å². The third-order valence-corrected chi connectivity index (χ3v) is 5.25. The van der Waals surface area contributed by atoms with E-state index in [2.05, 4.69) is 27.6 Å². The van der Waals surface area contributed by atoms with Crippen molar-refractivity contribution in [3.05, 3.63) is 78.5 Å². The van der Waals surface area contributed by atoms with Crippen molar-refractivity contribution >= 4 is 22.4 Å². The summed E-state index contributed by atoms with van der Waals surface area (Å²) in [5, 5.41) is 9.17. The molecule has 0 fully saturated rings. The number of fused-ring (bicyclic) bond motifs is 1. The summed E-state index contributed by atoms with van der Waals surface area (Å²) < 4.78 is 16.1. The van der Waals surface area contributed by atoms with Gasteiger partial charge in [-0.15, -0.1) is 0 Å². The van der Waals surface area contributed by atoms with E-state index < -0.39 is 5.91 Å². The minimum Gasteiger partial charge on any atom is -0.496 e. The lowest BCUT2D eigenvalue weighted by atomic mass is 10.0. The van der Waals surface area contributed by atoms with E-state index in [1.165, 1.54) is 0 Å². The molecule has 0 bridgehead atoms. The first-order chi connectivity index (χ1) is 16.0. The van der Waals surface area contributed by atoms with E-state index in [0.29, 0.717) is 28.6 Å². The normalized spacial score (nSPS) is 10.5. The van der Waals surface area contributed by atoms with E-state index in [-0.39, 0.29) is 5.69 Å². The average molecular weight is 444 g/mol. The van der Waals surface area contributed by atoms with Gasteiger partial charge in [0, 0.05) is 5.56 Å². The summed E-state index contributed by atoms with van der Waals surface area (Å²) in [4.78, 5) is 12.7. The quantitative estimate of drug-likeness (QED) is 0.353. The number of amides is 1. The number of nitrogens with one attached hydrogen (secondary N) is 3. The lowest BCUT2D eigenvalue weighted by Gasteiger charge is -2.13. The molecule has 0 radical (unpaired) electrons. The molecule has 0 spiro atoms. The van der Waals surface area contributed by atoms with Gasteiger partial charge in [-0.25, -0.2) is 0 Å². The van der Waals surface area contributed by atoms with Crippen molar-refractivity contribution in [3.63, 3.8) is 0 Å². The minimum absolute atomic E-state index is 0.285. The van der Waals surface area contributed by atoms with Gasteiger partial charge >= 0.3 is 0 Å². The molecule has 3 aromatic carbocycles. The van der Waals surface area contributed by atoms with Crippen molar-refractivity contribution in [3.8, 4) is 28.5 Å². The van der Waals surface area contributed by atoms with Gasteiger partial charge in [-0.1, -0.05) is 36.9 Å². The monoisotopic (exact) mass is 444 g/mol. The fourth-order valence-corrected chi connectivity index (χ4v) is 3.55. The first kappa shape index (κ1) is 21.8. The first-order valence-electron chi connectivity index (χ1n) is 10.1. The van der Waals surface area contributed by atoms with Crippen LogP contribution in [0.2, 0.25) is 0 Å². The molecule has 0 aliphatic carbocycles. The fraction of sp³-hybridized carbons (Fsp3) is 0.120. The summed E-state index contributed by atoms with van der Waals surface area (Å²) in [5.41, 5.74) is 8.38. The van der Waals surface area contributed by atoms with Crippen LogP contribution in [0.4, 0.5) is 0 Å². The molecule has 0 atom stereocenters. The van der Waals surface area contributed by atoms with Gasteiger partial charge < -0.3 is 14.2 Å². The summed E-state index contributed by atoms with van der Waals surface area (Å²) in [6.07, 6.45) is 0. The Balaban J connectivity index is 1.52. The highest BCUT2D eigenvalue weighted by Crippen LogP contribution is 2.36. The smallest absolute Gasteiger partial charge is 0.287 e. The molecule has 0 saturated heterocycles. The number of hydrogen-bond donors (Lipinski definition) is 3. The molecule has 0 unspecified atom stereocenters. The van der Waals surface area contributed by atoms with Crippen LogP contribution in [0.15, 0.2) is 67.2 Å². The molecule has 168 valence electrons. The van der Waals surface area contributed by atoms with E-state index in [9.17, 15) is 4.79 Å². The van der Waals surface area contributed by atoms with Gasteiger partial charge in [0.2, 0.25) is 0 Å². The van der Waals surface area contributed by atoms with Gasteiger partial charge in [0.05, 0.1) is 38.3 Å². The van der Waals surface area contributed by atoms with Crippen LogP contribution in [0, 0.1) is 0 Å². The Morgan fingerprint density at radius 1 is 0.879 bits per heavy atom. The van der Waals surface area contributed by atoms with Crippen LogP contribution in [-0.4, -0.2) is 37.4 Å². The van der Waals surface area contributed by atoms with Crippen molar-refractivity contribution in [2.45, 2.75) is 0 Å². The highest BCUT2D eigenvalue weighted by atomic mass is 16.5. The molecule has 1 heterocycles. The second-order valence-electron chi connectivity index (χ2n) is 7.16. The summed E-state index contributed by atoms with van der Waals surface area (Å²) in [5.74, 6) is 1.44. The molecule has 1 amide bonds. The molecule has 8 heteroatoms. The number of hydrazine groups is 1. The van der Waals surface area contributed by atoms with Crippen molar-refractivity contribution in [1.29, 1.82) is 0 Å². The maximum Gasteiger partial charge on any atom is 0.287 e. The highest BCUT2D eigenvalue weighted by Gasteiger charge is 2.17. The molecule has 4 rings (SSSR count). The van der Waals surface area contributed by atoms with Crippen LogP contribution in [0.1, 0.15) is 16.1 Å². The summed E-state index contributed by atoms with van der Waals surface area (Å²) in [6.45, 7) is 3.97. The molecule has 8 nitrogen and oxygen atoms in total. The second-order valence-corrected chi connectivity index (χ2v) is 7.16. The molecule has 0 saturated carbocycles. The number of methoxy groups -OCH3 is 3. The Morgan fingerprint density at radius 2 is 1.61 bits per heavy atom. The number of hydrogen-bond acceptors (Lipinski definition) is 6. The maximum absolute atomic E-state index is 12.7. The predicted octanol–water partition coefficient (Wildman–Crippen LogP) is 4.16. The van der Waals surface area contributed by atoms with Crippen LogP contribution in [-0.2, 0) is 0 Å². The van der Waals surface area contributed by atoms with Crippen molar-refractivity contribution in [1.82, 2.24) is 21.0 Å². The van der Waals surface area contributed by atoms with E-state index in [1.54, 1.807) is 39.5 Å². The Labute approximate surface area is 191 Å². The number of nitrogens with zero attached hydrogens (tertiary/aromatic N) is 1. The third kappa shape index (κ3) is 4.31. The number of benzene rings is 3. The first-order valence-corrected chi connectivity index (χ1v) is 10.1. The van der Waals surface area contributed by atoms with Crippen LogP contribution >= 0.6 is 0 Å². The van der Waals surface area contributed by atoms with Crippen LogP contribution < -0.4 is 25.1 Å². The number of aromatic amines is 1. The zero-order valence-electron chi connectivity index (χ0n) is 18.6. The molecule has 33 heavy (non-hydrogen) atoms. The molecular formula is C25H24N4O4. The van der Waals surface area contributed by atoms with E-state index in [0.717, 1.165) is 21.9 Å². The number of carbonyl (C=O) groups is 1. The minimum atomic E-state index is -0.394. The Morgan fingerprint density at radius 3 is 2.36 bits per heavy atom. The summed E-state index contributed by atoms with van der Waals surface area (Å²) >= 11 is 0. The molecule has 0 aliphatic rings. The third-order valence-electron chi connectivity index (χ3n) is 5.25. The average Bonchev–Trinajstić information content (AvgIpc) is 3.35. The molecule has 1 aromatic heterocycles. The van der Waals surface area contributed by atoms with Crippen molar-refractivity contribution in [2.24, 2.45) is 0 Å². The predicted molar refractivity (Wildman–Crippen MR) is 127 cm³/mol. The number of aromatic nitrogens is 2. The number of carbonyl (C=O) groups excluding carboxylic acids is 1. The number of rotatable bonds is 8. The zero-order chi connectivity index (χ0) is 23.4. The van der Waals surface area contributed by atoms with Crippen molar-refractivity contribution in [2.75, 3.05) is 21.3 Å². The fourth-order valence-electron chi connectivity index (χ4n) is 3.55. The zero-order valence-corrected chi connectivity index (χ0v) is 18.6. The Kier molecular flexibility index (Phi) is 6.17. The van der Waals surface area contributed by atoms with E-state index in [4.69, 9.17) is 14.2 Å². The Hall–Kier alpha value is -4.46. The topological polar surface area (TPSA) is 97.5 Å². The van der Waals surface area contributed by atoms with Gasteiger partial charge in [0.15, 0.2) is 11.5 Å². The number of H-pyrrole nitrogens is 1. The lowest BCUT2D eigenvalue weighted by Crippen LogP contribution is -2.36. The SMILES string of the molecule is C=C(NNC(=O)c1cc(-c2c(OC)ccc3ccccc23)n[nH]1)c1ccc(OC)c(OC)c1. The second kappa shape index (κ2) is 9.35. The highest BCUT2D eigenvalue weighted by molar-refractivity contribution is 6.00. The molecule has 4 aromatic rings. The van der Waals surface area contributed by atoms with E-state index in [1.807, 2.05) is 42.5 Å². The van der Waals surface area contributed by atoms with Gasteiger partial charge in [0.25, 0.3) is 5.91 Å². The molecule has 3 N–H and O–H groups in total.